The Labute approximate surface area is 92.0 Å². The highest BCUT2D eigenvalue weighted by Gasteiger charge is 2.42. The highest BCUT2D eigenvalue weighted by atomic mass is 16.2. The molecule has 3 nitrogen and oxygen atoms in total. The van der Waals surface area contributed by atoms with Crippen LogP contribution in [0.25, 0.3) is 0 Å². The zero-order valence-corrected chi connectivity index (χ0v) is 9.64. The summed E-state index contributed by atoms with van der Waals surface area (Å²) in [7, 11) is 0. The van der Waals surface area contributed by atoms with E-state index in [1.807, 2.05) is 0 Å². The monoisotopic (exact) mass is 210 g/mol. The molecule has 0 aromatic heterocycles. The first-order valence-electron chi connectivity index (χ1n) is 6.28. The number of hydrogen-bond donors (Lipinski definition) is 2. The average molecular weight is 210 g/mol. The molecule has 2 N–H and O–H groups in total. The second kappa shape index (κ2) is 4.52. The van der Waals surface area contributed by atoms with Crippen LogP contribution in [0.15, 0.2) is 0 Å². The van der Waals surface area contributed by atoms with Crippen LogP contribution in [0.2, 0.25) is 0 Å². The van der Waals surface area contributed by atoms with Crippen molar-refractivity contribution >= 4 is 5.91 Å². The van der Waals surface area contributed by atoms with Gasteiger partial charge in [0.05, 0.1) is 0 Å². The SMILES string of the molecule is CCC1(C(=O)N[C@H]2CCCNC2)CCC1. The Kier molecular flexibility index (Phi) is 3.29. The molecule has 0 unspecified atom stereocenters. The second-order valence-electron chi connectivity index (χ2n) is 5.00. The van der Waals surface area contributed by atoms with Crippen molar-refractivity contribution in [1.29, 1.82) is 0 Å². The van der Waals surface area contributed by atoms with Gasteiger partial charge < -0.3 is 10.6 Å². The first kappa shape index (κ1) is 10.9. The number of piperidine rings is 1. The van der Waals surface area contributed by atoms with Crippen LogP contribution >= 0.6 is 0 Å². The van der Waals surface area contributed by atoms with Gasteiger partial charge in [-0.25, -0.2) is 0 Å². The Morgan fingerprint density at radius 3 is 2.73 bits per heavy atom. The van der Waals surface area contributed by atoms with Crippen LogP contribution in [0.1, 0.15) is 45.4 Å². The molecule has 0 spiro atoms. The first-order valence-corrected chi connectivity index (χ1v) is 6.28. The van der Waals surface area contributed by atoms with Gasteiger partial charge in [-0.15, -0.1) is 0 Å². The summed E-state index contributed by atoms with van der Waals surface area (Å²) in [4.78, 5) is 12.1. The van der Waals surface area contributed by atoms with Crippen LogP contribution in [0.3, 0.4) is 0 Å². The van der Waals surface area contributed by atoms with Crippen LogP contribution in [0, 0.1) is 5.41 Å². The van der Waals surface area contributed by atoms with Gasteiger partial charge in [0.15, 0.2) is 0 Å². The molecule has 3 heteroatoms. The average Bonchev–Trinajstić information content (AvgIpc) is 2.18. The molecule has 1 aliphatic heterocycles. The van der Waals surface area contributed by atoms with E-state index in [2.05, 4.69) is 17.6 Å². The van der Waals surface area contributed by atoms with E-state index in [9.17, 15) is 4.79 Å². The van der Waals surface area contributed by atoms with Crippen molar-refractivity contribution in [2.45, 2.75) is 51.5 Å². The van der Waals surface area contributed by atoms with Crippen molar-refractivity contribution in [1.82, 2.24) is 10.6 Å². The predicted octanol–water partition coefficient (Wildman–Crippen LogP) is 1.43. The summed E-state index contributed by atoms with van der Waals surface area (Å²) in [5.74, 6) is 0.310. The Balaban J connectivity index is 1.85. The molecule has 86 valence electrons. The molecular formula is C12H22N2O. The summed E-state index contributed by atoms with van der Waals surface area (Å²) in [5, 5.41) is 6.54. The summed E-state index contributed by atoms with van der Waals surface area (Å²) >= 11 is 0. The van der Waals surface area contributed by atoms with E-state index >= 15 is 0 Å². The van der Waals surface area contributed by atoms with Gasteiger partial charge in [-0.3, -0.25) is 4.79 Å². The second-order valence-corrected chi connectivity index (χ2v) is 5.00. The van der Waals surface area contributed by atoms with Crippen LogP contribution < -0.4 is 10.6 Å². The maximum absolute atomic E-state index is 12.1. The van der Waals surface area contributed by atoms with Gasteiger partial charge in [-0.05, 0) is 38.6 Å². The number of amides is 1. The lowest BCUT2D eigenvalue weighted by Crippen LogP contribution is -2.52. The normalized spacial score (nSPS) is 29.3. The Morgan fingerprint density at radius 2 is 2.27 bits per heavy atom. The van der Waals surface area contributed by atoms with E-state index in [1.165, 1.54) is 12.8 Å². The molecule has 2 aliphatic rings. The quantitative estimate of drug-likeness (QED) is 0.740. The topological polar surface area (TPSA) is 41.1 Å². The van der Waals surface area contributed by atoms with Gasteiger partial charge in [0, 0.05) is 18.0 Å². The minimum absolute atomic E-state index is 0.00253. The number of rotatable bonds is 3. The van der Waals surface area contributed by atoms with Crippen molar-refractivity contribution in [3.8, 4) is 0 Å². The zero-order valence-electron chi connectivity index (χ0n) is 9.64. The van der Waals surface area contributed by atoms with E-state index in [-0.39, 0.29) is 5.41 Å². The fourth-order valence-corrected chi connectivity index (χ4v) is 2.66. The predicted molar refractivity (Wildman–Crippen MR) is 60.6 cm³/mol. The summed E-state index contributed by atoms with van der Waals surface area (Å²) in [6, 6.07) is 0.371. The third kappa shape index (κ3) is 2.17. The fourth-order valence-electron chi connectivity index (χ4n) is 2.66. The van der Waals surface area contributed by atoms with Gasteiger partial charge in [-0.2, -0.15) is 0 Å². The van der Waals surface area contributed by atoms with Crippen LogP contribution in [-0.2, 0) is 4.79 Å². The number of hydrogen-bond acceptors (Lipinski definition) is 2. The molecule has 0 aromatic carbocycles. The maximum atomic E-state index is 12.1. The molecule has 0 aromatic rings. The Hall–Kier alpha value is -0.570. The number of carbonyl (C=O) groups excluding carboxylic acids is 1. The van der Waals surface area contributed by atoms with Gasteiger partial charge in [0.25, 0.3) is 0 Å². The van der Waals surface area contributed by atoms with E-state index in [0.29, 0.717) is 11.9 Å². The van der Waals surface area contributed by atoms with Gasteiger partial charge in [0.1, 0.15) is 0 Å². The fraction of sp³-hybridized carbons (Fsp3) is 0.917. The van der Waals surface area contributed by atoms with Gasteiger partial charge >= 0.3 is 0 Å². The van der Waals surface area contributed by atoms with Crippen molar-refractivity contribution in [2.24, 2.45) is 5.41 Å². The zero-order chi connectivity index (χ0) is 10.7. The Morgan fingerprint density at radius 1 is 1.47 bits per heavy atom. The lowest BCUT2D eigenvalue weighted by molar-refractivity contribution is -0.137. The third-order valence-electron chi connectivity index (χ3n) is 4.10. The molecule has 1 atom stereocenters. The first-order chi connectivity index (χ1) is 7.27. The van der Waals surface area contributed by atoms with Crippen LogP contribution in [0.4, 0.5) is 0 Å². The summed E-state index contributed by atoms with van der Waals surface area (Å²) < 4.78 is 0. The molecule has 2 fully saturated rings. The summed E-state index contributed by atoms with van der Waals surface area (Å²) in [6.07, 6.45) is 6.73. The van der Waals surface area contributed by atoms with Crippen molar-refractivity contribution in [2.75, 3.05) is 13.1 Å². The minimum Gasteiger partial charge on any atom is -0.352 e. The van der Waals surface area contributed by atoms with Crippen LogP contribution in [0.5, 0.6) is 0 Å². The van der Waals surface area contributed by atoms with E-state index < -0.39 is 0 Å². The summed E-state index contributed by atoms with van der Waals surface area (Å²) in [6.45, 7) is 4.19. The molecule has 0 radical (unpaired) electrons. The number of nitrogens with one attached hydrogen (secondary N) is 2. The lowest BCUT2D eigenvalue weighted by Gasteiger charge is -2.41. The highest BCUT2D eigenvalue weighted by molar-refractivity contribution is 5.83. The molecule has 0 bridgehead atoms. The van der Waals surface area contributed by atoms with Crippen molar-refractivity contribution < 1.29 is 4.79 Å². The molecule has 1 heterocycles. The van der Waals surface area contributed by atoms with Gasteiger partial charge in [-0.1, -0.05) is 13.3 Å². The molecular weight excluding hydrogens is 188 g/mol. The largest absolute Gasteiger partial charge is 0.352 e. The Bertz CT molecular complexity index is 224. The molecule has 1 aliphatic carbocycles. The lowest BCUT2D eigenvalue weighted by atomic mass is 9.66. The van der Waals surface area contributed by atoms with E-state index in [4.69, 9.17) is 0 Å². The number of carbonyl (C=O) groups is 1. The van der Waals surface area contributed by atoms with E-state index in [1.54, 1.807) is 0 Å². The molecule has 2 rings (SSSR count). The minimum atomic E-state index is -0.00253. The van der Waals surface area contributed by atoms with E-state index in [0.717, 1.165) is 38.8 Å². The standard InChI is InChI=1S/C12H22N2O/c1-2-12(6-4-7-12)11(15)14-10-5-3-8-13-9-10/h10,13H,2-9H2,1H3,(H,14,15)/t10-/m0/s1. The highest BCUT2D eigenvalue weighted by Crippen LogP contribution is 2.44. The smallest absolute Gasteiger partial charge is 0.226 e. The third-order valence-corrected chi connectivity index (χ3v) is 4.10. The molecule has 1 amide bonds. The van der Waals surface area contributed by atoms with Crippen molar-refractivity contribution in [3.05, 3.63) is 0 Å². The van der Waals surface area contributed by atoms with Gasteiger partial charge in [0.2, 0.25) is 5.91 Å². The van der Waals surface area contributed by atoms with Crippen molar-refractivity contribution in [3.63, 3.8) is 0 Å². The summed E-state index contributed by atoms with van der Waals surface area (Å²) in [5.41, 5.74) is -0.00253. The molecule has 1 saturated heterocycles. The maximum Gasteiger partial charge on any atom is 0.226 e. The molecule has 1 saturated carbocycles. The molecule has 15 heavy (non-hydrogen) atoms. The van der Waals surface area contributed by atoms with Crippen LogP contribution in [-0.4, -0.2) is 25.0 Å².